The zero-order chi connectivity index (χ0) is 9.97. The molecule has 15 heavy (non-hydrogen) atoms. The van der Waals surface area contributed by atoms with Gasteiger partial charge in [0.05, 0.1) is 0 Å². The third-order valence-corrected chi connectivity index (χ3v) is 2.47. The molecule has 0 fully saturated rings. The van der Waals surface area contributed by atoms with E-state index in [1.165, 1.54) is 0 Å². The Morgan fingerprint density at radius 2 is 2.13 bits per heavy atom. The lowest BCUT2D eigenvalue weighted by Gasteiger charge is -2.11. The van der Waals surface area contributed by atoms with E-state index in [1.54, 1.807) is 0 Å². The van der Waals surface area contributed by atoms with Crippen LogP contribution in [0.3, 0.4) is 0 Å². The lowest BCUT2D eigenvalue weighted by Crippen LogP contribution is -2.11. The highest BCUT2D eigenvalue weighted by Gasteiger charge is 2.08. The number of aromatic amines is 1. The number of aliphatic hydroxyl groups excluding tert-OH is 1. The fourth-order valence-corrected chi connectivity index (χ4v) is 1.73. The molecule has 0 aliphatic rings. The molecule has 0 spiro atoms. The topological polar surface area (TPSA) is 62.0 Å². The highest BCUT2D eigenvalue weighted by Crippen LogP contribution is 2.23. The van der Waals surface area contributed by atoms with Crippen LogP contribution in [-0.2, 0) is 0 Å². The molecule has 4 heteroatoms. The van der Waals surface area contributed by atoms with Gasteiger partial charge in [-0.05, 0) is 24.1 Å². The molecule has 82 valence electrons. The van der Waals surface area contributed by atoms with Gasteiger partial charge < -0.3 is 15.8 Å². The first-order valence-electron chi connectivity index (χ1n) is 4.75. The molecule has 2 rings (SSSR count). The summed E-state index contributed by atoms with van der Waals surface area (Å²) in [5, 5.41) is 9.98. The number of rotatable bonds is 3. The number of nitrogens with two attached hydrogens (primary N) is 1. The molecule has 0 unspecified atom stereocenters. The van der Waals surface area contributed by atoms with Crippen molar-refractivity contribution in [1.82, 2.24) is 4.98 Å². The number of benzene rings is 1. The summed E-state index contributed by atoms with van der Waals surface area (Å²) in [5.41, 5.74) is 8.15. The van der Waals surface area contributed by atoms with Crippen LogP contribution in [0, 0.1) is 0 Å². The van der Waals surface area contributed by atoms with Crippen LogP contribution in [0.25, 0.3) is 10.9 Å². The predicted octanol–water partition coefficient (Wildman–Crippen LogP) is 1.97. The summed E-state index contributed by atoms with van der Waals surface area (Å²) in [6.45, 7) is 0.127. The molecule has 0 aliphatic heterocycles. The summed E-state index contributed by atoms with van der Waals surface area (Å²) < 4.78 is 0. The van der Waals surface area contributed by atoms with Crippen molar-refractivity contribution in [2.45, 2.75) is 12.5 Å². The molecular formula is C11H15ClN2O. The average molecular weight is 227 g/mol. The van der Waals surface area contributed by atoms with E-state index in [0.29, 0.717) is 6.42 Å². The molecule has 0 saturated carbocycles. The van der Waals surface area contributed by atoms with Crippen LogP contribution in [-0.4, -0.2) is 16.7 Å². The Bertz CT molecular complexity index is 427. The number of fused-ring (bicyclic) bond motifs is 1. The first kappa shape index (κ1) is 12.0. The van der Waals surface area contributed by atoms with Gasteiger partial charge in [-0.15, -0.1) is 12.4 Å². The van der Waals surface area contributed by atoms with E-state index in [0.717, 1.165) is 16.5 Å². The molecule has 1 aromatic carbocycles. The summed E-state index contributed by atoms with van der Waals surface area (Å²) in [5.74, 6) is 0. The van der Waals surface area contributed by atoms with Gasteiger partial charge in [0, 0.05) is 29.7 Å². The van der Waals surface area contributed by atoms with E-state index in [1.807, 2.05) is 30.5 Å². The van der Waals surface area contributed by atoms with Crippen LogP contribution in [0.5, 0.6) is 0 Å². The van der Waals surface area contributed by atoms with Gasteiger partial charge in [-0.2, -0.15) is 0 Å². The maximum atomic E-state index is 8.83. The Kier molecular flexibility index (Phi) is 4.15. The van der Waals surface area contributed by atoms with Crippen LogP contribution >= 0.6 is 12.4 Å². The Balaban J connectivity index is 0.00000112. The number of hydrogen-bond acceptors (Lipinski definition) is 2. The number of aromatic nitrogens is 1. The minimum Gasteiger partial charge on any atom is -0.396 e. The second kappa shape index (κ2) is 5.16. The van der Waals surface area contributed by atoms with Gasteiger partial charge in [0.15, 0.2) is 0 Å². The summed E-state index contributed by atoms with van der Waals surface area (Å²) in [6.07, 6.45) is 2.50. The van der Waals surface area contributed by atoms with Gasteiger partial charge >= 0.3 is 0 Å². The lowest BCUT2D eigenvalue weighted by molar-refractivity contribution is 0.277. The molecule has 2 aromatic rings. The molecule has 3 nitrogen and oxygen atoms in total. The molecule has 4 N–H and O–H groups in total. The van der Waals surface area contributed by atoms with Gasteiger partial charge in [0.1, 0.15) is 0 Å². The average Bonchev–Trinajstić information content (AvgIpc) is 2.65. The van der Waals surface area contributed by atoms with Crippen molar-refractivity contribution >= 4 is 23.3 Å². The fraction of sp³-hybridized carbons (Fsp3) is 0.273. The van der Waals surface area contributed by atoms with Crippen molar-refractivity contribution in [2.24, 2.45) is 5.73 Å². The van der Waals surface area contributed by atoms with Gasteiger partial charge in [0.25, 0.3) is 0 Å². The van der Waals surface area contributed by atoms with Crippen molar-refractivity contribution < 1.29 is 5.11 Å². The van der Waals surface area contributed by atoms with Crippen molar-refractivity contribution in [2.75, 3.05) is 6.61 Å². The highest BCUT2D eigenvalue weighted by atomic mass is 35.5. The third-order valence-electron chi connectivity index (χ3n) is 2.47. The molecule has 0 radical (unpaired) electrons. The Labute approximate surface area is 94.7 Å². The van der Waals surface area contributed by atoms with E-state index in [-0.39, 0.29) is 25.1 Å². The van der Waals surface area contributed by atoms with Crippen LogP contribution in [0.2, 0.25) is 0 Å². The summed E-state index contributed by atoms with van der Waals surface area (Å²) in [6, 6.07) is 7.94. The standard InChI is InChI=1S/C11H14N2O.ClH/c12-10(5-7-14)8-2-1-3-11-9(8)4-6-13-11;/h1-4,6,10,13-14H,5,7,12H2;1H/t10-;/m0./s1. The normalized spacial score (nSPS) is 12.4. The molecule has 1 aromatic heterocycles. The number of hydrogen-bond donors (Lipinski definition) is 3. The van der Waals surface area contributed by atoms with Gasteiger partial charge in [0.2, 0.25) is 0 Å². The smallest absolute Gasteiger partial charge is 0.0457 e. The van der Waals surface area contributed by atoms with Crippen molar-refractivity contribution in [3.63, 3.8) is 0 Å². The van der Waals surface area contributed by atoms with Crippen molar-refractivity contribution in [3.8, 4) is 0 Å². The van der Waals surface area contributed by atoms with E-state index in [2.05, 4.69) is 4.98 Å². The van der Waals surface area contributed by atoms with Crippen molar-refractivity contribution in [1.29, 1.82) is 0 Å². The molecule has 0 amide bonds. The number of aliphatic hydroxyl groups is 1. The molecule has 1 atom stereocenters. The molecular weight excluding hydrogens is 212 g/mol. The second-order valence-electron chi connectivity index (χ2n) is 3.40. The Morgan fingerprint density at radius 1 is 1.33 bits per heavy atom. The number of halogens is 1. The SMILES string of the molecule is Cl.N[C@@H](CCO)c1cccc2[nH]ccc12. The minimum atomic E-state index is -0.0838. The van der Waals surface area contributed by atoms with E-state index in [4.69, 9.17) is 10.8 Å². The number of nitrogens with one attached hydrogen (secondary N) is 1. The van der Waals surface area contributed by atoms with Gasteiger partial charge in [-0.25, -0.2) is 0 Å². The molecule has 1 heterocycles. The first-order chi connectivity index (χ1) is 6.83. The van der Waals surface area contributed by atoms with Crippen LogP contribution in [0.1, 0.15) is 18.0 Å². The van der Waals surface area contributed by atoms with E-state index in [9.17, 15) is 0 Å². The first-order valence-corrected chi connectivity index (χ1v) is 4.75. The summed E-state index contributed by atoms with van der Waals surface area (Å²) in [4.78, 5) is 3.14. The zero-order valence-corrected chi connectivity index (χ0v) is 9.13. The van der Waals surface area contributed by atoms with Gasteiger partial charge in [-0.1, -0.05) is 12.1 Å². The maximum Gasteiger partial charge on any atom is 0.0457 e. The monoisotopic (exact) mass is 226 g/mol. The third kappa shape index (κ3) is 2.31. The summed E-state index contributed by atoms with van der Waals surface area (Å²) in [7, 11) is 0. The van der Waals surface area contributed by atoms with Crippen LogP contribution in [0.15, 0.2) is 30.5 Å². The Hall–Kier alpha value is -1.03. The number of H-pyrrole nitrogens is 1. The summed E-state index contributed by atoms with van der Waals surface area (Å²) >= 11 is 0. The quantitative estimate of drug-likeness (QED) is 0.750. The van der Waals surface area contributed by atoms with Crippen LogP contribution < -0.4 is 5.73 Å². The largest absolute Gasteiger partial charge is 0.396 e. The molecule has 0 saturated heterocycles. The lowest BCUT2D eigenvalue weighted by atomic mass is 10.0. The van der Waals surface area contributed by atoms with Crippen molar-refractivity contribution in [3.05, 3.63) is 36.0 Å². The van der Waals surface area contributed by atoms with E-state index >= 15 is 0 Å². The molecule has 0 aliphatic carbocycles. The predicted molar refractivity (Wildman–Crippen MR) is 64.2 cm³/mol. The van der Waals surface area contributed by atoms with Crippen LogP contribution in [0.4, 0.5) is 0 Å². The maximum absolute atomic E-state index is 8.83. The van der Waals surface area contributed by atoms with E-state index < -0.39 is 0 Å². The Morgan fingerprint density at radius 3 is 2.87 bits per heavy atom. The zero-order valence-electron chi connectivity index (χ0n) is 8.31. The second-order valence-corrected chi connectivity index (χ2v) is 3.40. The fourth-order valence-electron chi connectivity index (χ4n) is 1.73. The van der Waals surface area contributed by atoms with Gasteiger partial charge in [-0.3, -0.25) is 0 Å². The minimum absolute atomic E-state index is 0. The molecule has 0 bridgehead atoms. The highest BCUT2D eigenvalue weighted by molar-refractivity contribution is 5.85.